The van der Waals surface area contributed by atoms with Crippen molar-refractivity contribution in [1.29, 1.82) is 0 Å². The standard InChI is InChI=1S/C13H23N3O2/c1-4-12(17)5-7-14-13(18)6-8-16-11(3)9-10(2)15-16/h9,12,17H,4-8H2,1-3H3,(H,14,18). The van der Waals surface area contributed by atoms with Gasteiger partial charge in [-0.15, -0.1) is 0 Å². The predicted molar refractivity (Wildman–Crippen MR) is 70.2 cm³/mol. The summed E-state index contributed by atoms with van der Waals surface area (Å²) in [6, 6.07) is 2.00. The molecule has 0 aliphatic rings. The van der Waals surface area contributed by atoms with Crippen LogP contribution in [0.5, 0.6) is 0 Å². The Morgan fingerprint density at radius 1 is 1.56 bits per heavy atom. The average Bonchev–Trinajstić information content (AvgIpc) is 2.65. The normalized spacial score (nSPS) is 12.4. The van der Waals surface area contributed by atoms with Crippen LogP contribution in [-0.4, -0.2) is 33.4 Å². The smallest absolute Gasteiger partial charge is 0.221 e. The van der Waals surface area contributed by atoms with Gasteiger partial charge in [-0.3, -0.25) is 9.48 Å². The molecule has 1 heterocycles. The molecule has 0 saturated carbocycles. The predicted octanol–water partition coefficient (Wildman–Crippen LogP) is 1.17. The van der Waals surface area contributed by atoms with Crippen LogP contribution >= 0.6 is 0 Å². The quantitative estimate of drug-likeness (QED) is 0.766. The summed E-state index contributed by atoms with van der Waals surface area (Å²) in [7, 11) is 0. The number of rotatable bonds is 7. The second kappa shape index (κ2) is 7.16. The van der Waals surface area contributed by atoms with Gasteiger partial charge in [0.05, 0.1) is 11.8 Å². The molecule has 0 fully saturated rings. The van der Waals surface area contributed by atoms with Gasteiger partial charge in [-0.2, -0.15) is 5.10 Å². The van der Waals surface area contributed by atoms with Crippen molar-refractivity contribution in [2.45, 2.75) is 52.7 Å². The summed E-state index contributed by atoms with van der Waals surface area (Å²) >= 11 is 0. The van der Waals surface area contributed by atoms with Crippen molar-refractivity contribution < 1.29 is 9.90 Å². The van der Waals surface area contributed by atoms with Crippen LogP contribution in [0.15, 0.2) is 6.07 Å². The molecular formula is C13H23N3O2. The summed E-state index contributed by atoms with van der Waals surface area (Å²) in [4.78, 5) is 11.6. The highest BCUT2D eigenvalue weighted by molar-refractivity contribution is 5.75. The van der Waals surface area contributed by atoms with E-state index in [9.17, 15) is 9.90 Å². The van der Waals surface area contributed by atoms with Crippen LogP contribution in [0.2, 0.25) is 0 Å². The highest BCUT2D eigenvalue weighted by Gasteiger charge is 2.06. The summed E-state index contributed by atoms with van der Waals surface area (Å²) in [5, 5.41) is 16.5. The molecule has 2 N–H and O–H groups in total. The lowest BCUT2D eigenvalue weighted by atomic mass is 10.2. The third-order valence-electron chi connectivity index (χ3n) is 2.93. The number of hydrogen-bond acceptors (Lipinski definition) is 3. The summed E-state index contributed by atoms with van der Waals surface area (Å²) in [5.74, 6) is 0.00542. The van der Waals surface area contributed by atoms with Gasteiger partial charge in [0.2, 0.25) is 5.91 Å². The molecule has 1 aromatic heterocycles. The van der Waals surface area contributed by atoms with E-state index in [0.717, 1.165) is 17.8 Å². The van der Waals surface area contributed by atoms with E-state index in [1.807, 2.05) is 31.5 Å². The van der Waals surface area contributed by atoms with E-state index in [-0.39, 0.29) is 12.0 Å². The van der Waals surface area contributed by atoms with Gasteiger partial charge in [0.15, 0.2) is 0 Å². The zero-order chi connectivity index (χ0) is 13.5. The molecule has 0 saturated heterocycles. The summed E-state index contributed by atoms with van der Waals surface area (Å²) in [6.45, 7) is 6.98. The van der Waals surface area contributed by atoms with E-state index in [1.165, 1.54) is 0 Å². The van der Waals surface area contributed by atoms with Gasteiger partial charge in [-0.1, -0.05) is 6.92 Å². The summed E-state index contributed by atoms with van der Waals surface area (Å²) < 4.78 is 1.84. The maximum Gasteiger partial charge on any atom is 0.221 e. The third kappa shape index (κ3) is 4.87. The Labute approximate surface area is 108 Å². The van der Waals surface area contributed by atoms with Crippen LogP contribution in [0.25, 0.3) is 0 Å². The largest absolute Gasteiger partial charge is 0.393 e. The van der Waals surface area contributed by atoms with Crippen molar-refractivity contribution in [3.05, 3.63) is 17.5 Å². The van der Waals surface area contributed by atoms with Gasteiger partial charge in [-0.05, 0) is 32.8 Å². The lowest BCUT2D eigenvalue weighted by molar-refractivity contribution is -0.121. The zero-order valence-corrected chi connectivity index (χ0v) is 11.4. The molecule has 1 rings (SSSR count). The zero-order valence-electron chi connectivity index (χ0n) is 11.4. The van der Waals surface area contributed by atoms with Crippen molar-refractivity contribution in [2.75, 3.05) is 6.54 Å². The number of aliphatic hydroxyl groups is 1. The number of aliphatic hydroxyl groups excluding tert-OH is 1. The fourth-order valence-corrected chi connectivity index (χ4v) is 1.78. The van der Waals surface area contributed by atoms with E-state index in [1.54, 1.807) is 0 Å². The van der Waals surface area contributed by atoms with Crippen molar-refractivity contribution in [2.24, 2.45) is 0 Å². The molecule has 0 spiro atoms. The van der Waals surface area contributed by atoms with Crippen LogP contribution < -0.4 is 5.32 Å². The first-order valence-electron chi connectivity index (χ1n) is 6.48. The first-order chi connectivity index (χ1) is 8.52. The molecule has 102 valence electrons. The Balaban J connectivity index is 2.23. The first kappa shape index (κ1) is 14.7. The highest BCUT2D eigenvalue weighted by Crippen LogP contribution is 2.02. The van der Waals surface area contributed by atoms with Gasteiger partial charge in [0.1, 0.15) is 0 Å². The molecule has 18 heavy (non-hydrogen) atoms. The number of carbonyl (C=O) groups excluding carboxylic acids is 1. The van der Waals surface area contributed by atoms with E-state index in [4.69, 9.17) is 0 Å². The fourth-order valence-electron chi connectivity index (χ4n) is 1.78. The SMILES string of the molecule is CCC(O)CCNC(=O)CCn1nc(C)cc1C. The molecule has 1 aromatic rings. The van der Waals surface area contributed by atoms with Gasteiger partial charge in [0, 0.05) is 25.2 Å². The topological polar surface area (TPSA) is 67.2 Å². The minimum atomic E-state index is -0.318. The van der Waals surface area contributed by atoms with Crippen molar-refractivity contribution in [3.63, 3.8) is 0 Å². The molecule has 1 unspecified atom stereocenters. The van der Waals surface area contributed by atoms with E-state index in [2.05, 4.69) is 10.4 Å². The third-order valence-corrected chi connectivity index (χ3v) is 2.93. The van der Waals surface area contributed by atoms with Crippen LogP contribution in [0.3, 0.4) is 0 Å². The Morgan fingerprint density at radius 2 is 2.28 bits per heavy atom. The summed E-state index contributed by atoms with van der Waals surface area (Å²) in [5.41, 5.74) is 2.04. The lowest BCUT2D eigenvalue weighted by Gasteiger charge is -2.09. The monoisotopic (exact) mass is 253 g/mol. The molecule has 5 nitrogen and oxygen atoms in total. The second-order valence-electron chi connectivity index (χ2n) is 4.60. The number of carbonyl (C=O) groups is 1. The molecule has 0 radical (unpaired) electrons. The molecule has 0 bridgehead atoms. The van der Waals surface area contributed by atoms with Crippen molar-refractivity contribution in [3.8, 4) is 0 Å². The van der Waals surface area contributed by atoms with Crippen molar-refractivity contribution >= 4 is 5.91 Å². The van der Waals surface area contributed by atoms with Crippen LogP contribution in [0, 0.1) is 13.8 Å². The second-order valence-corrected chi connectivity index (χ2v) is 4.60. The average molecular weight is 253 g/mol. The van der Waals surface area contributed by atoms with E-state index >= 15 is 0 Å². The van der Waals surface area contributed by atoms with Gasteiger partial charge in [0.25, 0.3) is 0 Å². The number of aromatic nitrogens is 2. The minimum Gasteiger partial charge on any atom is -0.393 e. The van der Waals surface area contributed by atoms with Gasteiger partial charge < -0.3 is 10.4 Å². The minimum absolute atomic E-state index is 0.00542. The number of nitrogens with zero attached hydrogens (tertiary/aromatic N) is 2. The van der Waals surface area contributed by atoms with Crippen LogP contribution in [0.4, 0.5) is 0 Å². The first-order valence-corrected chi connectivity index (χ1v) is 6.48. The Morgan fingerprint density at radius 3 is 2.83 bits per heavy atom. The number of hydrogen-bond donors (Lipinski definition) is 2. The molecule has 0 aromatic carbocycles. The maximum absolute atomic E-state index is 11.6. The van der Waals surface area contributed by atoms with Gasteiger partial charge >= 0.3 is 0 Å². The van der Waals surface area contributed by atoms with Crippen molar-refractivity contribution in [1.82, 2.24) is 15.1 Å². The number of aryl methyl sites for hydroxylation is 3. The molecular weight excluding hydrogens is 230 g/mol. The Hall–Kier alpha value is -1.36. The lowest BCUT2D eigenvalue weighted by Crippen LogP contribution is -2.28. The molecule has 5 heteroatoms. The van der Waals surface area contributed by atoms with Gasteiger partial charge in [-0.25, -0.2) is 0 Å². The fraction of sp³-hybridized carbons (Fsp3) is 0.692. The maximum atomic E-state index is 11.6. The van der Waals surface area contributed by atoms with E-state index < -0.39 is 0 Å². The number of nitrogens with one attached hydrogen (secondary N) is 1. The van der Waals surface area contributed by atoms with E-state index in [0.29, 0.717) is 25.9 Å². The Bertz CT molecular complexity index is 388. The molecule has 0 aliphatic heterocycles. The molecule has 0 aliphatic carbocycles. The molecule has 1 amide bonds. The summed E-state index contributed by atoms with van der Waals surface area (Å²) in [6.07, 6.45) is 1.44. The van der Waals surface area contributed by atoms with Crippen LogP contribution in [-0.2, 0) is 11.3 Å². The van der Waals surface area contributed by atoms with Crippen LogP contribution in [0.1, 0.15) is 37.6 Å². The highest BCUT2D eigenvalue weighted by atomic mass is 16.3. The Kier molecular flexibility index (Phi) is 5.85. The number of amides is 1. The molecule has 1 atom stereocenters.